The van der Waals surface area contributed by atoms with E-state index in [1.165, 1.54) is 6.07 Å². The first kappa shape index (κ1) is 19.7. The molecule has 7 nitrogen and oxygen atoms in total. The van der Waals surface area contributed by atoms with Crippen LogP contribution in [0.1, 0.15) is 45.4 Å². The second-order valence-corrected chi connectivity index (χ2v) is 6.26. The summed E-state index contributed by atoms with van der Waals surface area (Å²) < 4.78 is 7.08. The Bertz CT molecular complexity index is 873. The van der Waals surface area contributed by atoms with Crippen molar-refractivity contribution in [1.29, 1.82) is 0 Å². The molecule has 0 saturated heterocycles. The minimum absolute atomic E-state index is 0.0264. The van der Waals surface area contributed by atoms with Crippen LogP contribution in [0, 0.1) is 24.0 Å². The van der Waals surface area contributed by atoms with E-state index in [-0.39, 0.29) is 22.1 Å². The molecule has 2 rings (SSSR count). The van der Waals surface area contributed by atoms with E-state index in [4.69, 9.17) is 16.3 Å². The lowest BCUT2D eigenvalue weighted by atomic mass is 10.1. The van der Waals surface area contributed by atoms with Crippen molar-refractivity contribution in [1.82, 2.24) is 4.57 Å². The number of nitro benzene ring substituents is 1. The first-order chi connectivity index (χ1) is 12.3. The Balaban J connectivity index is 2.09. The molecule has 26 heavy (non-hydrogen) atoms. The molecule has 0 radical (unpaired) electrons. The average Bonchev–Trinajstić information content (AvgIpc) is 2.87. The lowest BCUT2D eigenvalue weighted by Crippen LogP contribution is -2.15. The van der Waals surface area contributed by atoms with Gasteiger partial charge in [0.25, 0.3) is 5.69 Å². The van der Waals surface area contributed by atoms with Crippen LogP contribution in [0.2, 0.25) is 5.02 Å². The van der Waals surface area contributed by atoms with Crippen molar-refractivity contribution in [2.75, 3.05) is 6.61 Å². The van der Waals surface area contributed by atoms with E-state index in [1.54, 1.807) is 6.07 Å². The van der Waals surface area contributed by atoms with Gasteiger partial charge in [-0.15, -0.1) is 0 Å². The number of rotatable bonds is 7. The first-order valence-corrected chi connectivity index (χ1v) is 8.45. The molecule has 0 fully saturated rings. The highest BCUT2D eigenvalue weighted by Crippen LogP contribution is 2.23. The minimum atomic E-state index is -0.805. The number of ketones is 1. The summed E-state index contributed by atoms with van der Waals surface area (Å²) in [5.41, 5.74) is 2.06. The van der Waals surface area contributed by atoms with Gasteiger partial charge in [-0.2, -0.15) is 0 Å². The highest BCUT2D eigenvalue weighted by atomic mass is 35.5. The van der Waals surface area contributed by atoms with Gasteiger partial charge in [-0.05, 0) is 32.4 Å². The van der Waals surface area contributed by atoms with Crippen molar-refractivity contribution in [3.63, 3.8) is 0 Å². The van der Waals surface area contributed by atoms with Crippen LogP contribution in [0.4, 0.5) is 5.69 Å². The molecule has 1 aromatic heterocycles. The van der Waals surface area contributed by atoms with Gasteiger partial charge in [0, 0.05) is 35.6 Å². The fraction of sp³-hybridized carbons (Fsp3) is 0.333. The largest absolute Gasteiger partial charge is 0.454 e. The number of Topliss-reactive ketones (excluding diaryl/α,β-unsaturated/α-hetero) is 1. The van der Waals surface area contributed by atoms with E-state index in [2.05, 4.69) is 6.92 Å². The van der Waals surface area contributed by atoms with E-state index < -0.39 is 17.5 Å². The molecule has 0 bridgehead atoms. The number of hydrogen-bond donors (Lipinski definition) is 0. The van der Waals surface area contributed by atoms with Gasteiger partial charge < -0.3 is 9.30 Å². The van der Waals surface area contributed by atoms with E-state index >= 15 is 0 Å². The summed E-state index contributed by atoms with van der Waals surface area (Å²) in [7, 11) is 0. The molecule has 0 amide bonds. The number of aryl methyl sites for hydroxylation is 1. The van der Waals surface area contributed by atoms with E-state index in [1.807, 2.05) is 18.4 Å². The molecular formula is C18H19ClN2O5. The van der Waals surface area contributed by atoms with Crippen molar-refractivity contribution in [2.45, 2.75) is 33.7 Å². The predicted molar refractivity (Wildman–Crippen MR) is 96.9 cm³/mol. The number of nitrogens with zero attached hydrogens (tertiary/aromatic N) is 2. The monoisotopic (exact) mass is 378 g/mol. The standard InChI is InChI=1S/C18H19ClN2O5/c1-4-7-20-11(2)8-15(12(20)3)17(22)10-26-18(23)14-6-5-13(21(24)25)9-16(14)19/h5-6,8-9H,4,7,10H2,1-3H3. The zero-order chi connectivity index (χ0) is 19.4. The van der Waals surface area contributed by atoms with Crippen molar-refractivity contribution in [3.8, 4) is 0 Å². The summed E-state index contributed by atoms with van der Waals surface area (Å²) >= 11 is 5.89. The summed E-state index contributed by atoms with van der Waals surface area (Å²) in [5.74, 6) is -1.12. The number of carbonyl (C=O) groups excluding carboxylic acids is 2. The minimum Gasteiger partial charge on any atom is -0.454 e. The van der Waals surface area contributed by atoms with Crippen LogP contribution >= 0.6 is 11.6 Å². The van der Waals surface area contributed by atoms with Crippen molar-refractivity contribution >= 4 is 29.0 Å². The molecule has 0 saturated carbocycles. The molecule has 1 aromatic carbocycles. The van der Waals surface area contributed by atoms with Gasteiger partial charge in [-0.3, -0.25) is 14.9 Å². The van der Waals surface area contributed by atoms with E-state index in [0.717, 1.165) is 36.5 Å². The number of esters is 1. The summed E-state index contributed by atoms with van der Waals surface area (Å²) in [6.45, 7) is 6.20. The maximum absolute atomic E-state index is 12.4. The van der Waals surface area contributed by atoms with E-state index in [0.29, 0.717) is 5.56 Å². The normalized spacial score (nSPS) is 10.6. The molecule has 0 unspecified atom stereocenters. The van der Waals surface area contributed by atoms with Crippen LogP contribution in [-0.4, -0.2) is 27.8 Å². The number of halogens is 1. The summed E-state index contributed by atoms with van der Waals surface area (Å²) in [6.07, 6.45) is 0.942. The number of hydrogen-bond acceptors (Lipinski definition) is 5. The molecule has 0 atom stereocenters. The molecule has 0 spiro atoms. The van der Waals surface area contributed by atoms with Gasteiger partial charge in [0.1, 0.15) is 0 Å². The highest BCUT2D eigenvalue weighted by Gasteiger charge is 2.20. The van der Waals surface area contributed by atoms with Gasteiger partial charge in [0.05, 0.1) is 15.5 Å². The number of aromatic nitrogens is 1. The molecule has 0 aliphatic heterocycles. The quantitative estimate of drug-likeness (QED) is 0.313. The van der Waals surface area contributed by atoms with Gasteiger partial charge in [0.15, 0.2) is 6.61 Å². The van der Waals surface area contributed by atoms with Crippen LogP contribution in [-0.2, 0) is 11.3 Å². The van der Waals surface area contributed by atoms with Crippen LogP contribution in [0.25, 0.3) is 0 Å². The average molecular weight is 379 g/mol. The lowest BCUT2D eigenvalue weighted by molar-refractivity contribution is -0.384. The topological polar surface area (TPSA) is 91.4 Å². The highest BCUT2D eigenvalue weighted by molar-refractivity contribution is 6.33. The van der Waals surface area contributed by atoms with Crippen LogP contribution in [0.3, 0.4) is 0 Å². The molecule has 0 aliphatic carbocycles. The smallest absolute Gasteiger partial charge is 0.340 e. The number of ether oxygens (including phenoxy) is 1. The molecule has 1 heterocycles. The molecule has 2 aromatic rings. The molecule has 0 aliphatic rings. The maximum atomic E-state index is 12.4. The van der Waals surface area contributed by atoms with Crippen LogP contribution in [0.5, 0.6) is 0 Å². The Labute approximate surface area is 155 Å². The third-order valence-electron chi connectivity index (χ3n) is 4.04. The van der Waals surface area contributed by atoms with Crippen LogP contribution in [0.15, 0.2) is 24.3 Å². The maximum Gasteiger partial charge on any atom is 0.340 e. The third kappa shape index (κ3) is 4.11. The fourth-order valence-corrected chi connectivity index (χ4v) is 2.97. The molecular weight excluding hydrogens is 360 g/mol. The summed E-state index contributed by atoms with van der Waals surface area (Å²) in [6, 6.07) is 5.21. The second-order valence-electron chi connectivity index (χ2n) is 5.86. The molecule has 8 heteroatoms. The number of nitro groups is 1. The van der Waals surface area contributed by atoms with Gasteiger partial charge in [-0.25, -0.2) is 4.79 Å². The number of benzene rings is 1. The SMILES string of the molecule is CCCn1c(C)cc(C(=O)COC(=O)c2ccc([N+](=O)[O-])cc2Cl)c1C. The Morgan fingerprint density at radius 2 is 1.92 bits per heavy atom. The first-order valence-electron chi connectivity index (χ1n) is 8.07. The zero-order valence-electron chi connectivity index (χ0n) is 14.7. The summed E-state index contributed by atoms with van der Waals surface area (Å²) in [5, 5.41) is 10.6. The van der Waals surface area contributed by atoms with Gasteiger partial charge in [0.2, 0.25) is 5.78 Å². The third-order valence-corrected chi connectivity index (χ3v) is 4.35. The molecule has 138 valence electrons. The summed E-state index contributed by atoms with van der Waals surface area (Å²) in [4.78, 5) is 34.6. The van der Waals surface area contributed by atoms with Crippen molar-refractivity contribution in [2.24, 2.45) is 0 Å². The van der Waals surface area contributed by atoms with E-state index in [9.17, 15) is 19.7 Å². The second kappa shape index (κ2) is 8.14. The zero-order valence-corrected chi connectivity index (χ0v) is 15.5. The Kier molecular flexibility index (Phi) is 6.15. The van der Waals surface area contributed by atoms with Gasteiger partial charge in [-0.1, -0.05) is 18.5 Å². The Morgan fingerprint density at radius 3 is 2.50 bits per heavy atom. The lowest BCUT2D eigenvalue weighted by Gasteiger charge is -2.08. The predicted octanol–water partition coefficient (Wildman–Crippen LogP) is 4.12. The fourth-order valence-electron chi connectivity index (χ4n) is 2.72. The number of carbonyl (C=O) groups is 2. The van der Waals surface area contributed by atoms with Crippen LogP contribution < -0.4 is 0 Å². The number of non-ortho nitro benzene ring substituents is 1. The van der Waals surface area contributed by atoms with Crippen molar-refractivity contribution in [3.05, 3.63) is 61.9 Å². The Hall–Kier alpha value is -2.67. The van der Waals surface area contributed by atoms with Crippen molar-refractivity contribution < 1.29 is 19.2 Å². The Morgan fingerprint density at radius 1 is 1.23 bits per heavy atom. The molecule has 0 N–H and O–H groups in total. The van der Waals surface area contributed by atoms with Gasteiger partial charge >= 0.3 is 5.97 Å².